The van der Waals surface area contributed by atoms with Crippen molar-refractivity contribution in [1.29, 1.82) is 0 Å². The summed E-state index contributed by atoms with van der Waals surface area (Å²) in [6.45, 7) is 2.80. The van der Waals surface area contributed by atoms with Crippen LogP contribution in [0.25, 0.3) is 0 Å². The highest BCUT2D eigenvalue weighted by atomic mass is 35.5. The summed E-state index contributed by atoms with van der Waals surface area (Å²) in [4.78, 5) is 26.7. The molecule has 0 saturated carbocycles. The number of carbonyl (C=O) groups excluding carboxylic acids is 2. The predicted octanol–water partition coefficient (Wildman–Crippen LogP) is 5.47. The highest BCUT2D eigenvalue weighted by molar-refractivity contribution is 6.35. The van der Waals surface area contributed by atoms with E-state index in [1.165, 1.54) is 0 Å². The number of rotatable bonds is 9. The number of carbonyl (C=O) groups is 2. The van der Waals surface area contributed by atoms with Crippen molar-refractivity contribution in [3.8, 4) is 11.5 Å². The Kier molecular flexibility index (Phi) is 8.00. The number of hydrazine groups is 1. The fourth-order valence-corrected chi connectivity index (χ4v) is 4.28. The summed E-state index contributed by atoms with van der Waals surface area (Å²) >= 11 is 12.5. The summed E-state index contributed by atoms with van der Waals surface area (Å²) in [5, 5.41) is 1.04. The number of halogens is 2. The van der Waals surface area contributed by atoms with Gasteiger partial charge >= 0.3 is 0 Å². The minimum absolute atomic E-state index is 0.0740. The first-order valence-corrected chi connectivity index (χ1v) is 12.0. The van der Waals surface area contributed by atoms with E-state index in [1.807, 2.05) is 37.3 Å². The SMILES string of the molecule is CCOc1cc(NNC(=O)[C@H]2CC(=O)N(c3ccccc3)C2)ccc1OCc1c(Cl)cccc1Cl. The van der Waals surface area contributed by atoms with E-state index >= 15 is 0 Å². The second kappa shape index (κ2) is 11.3. The largest absolute Gasteiger partial charge is 0.490 e. The van der Waals surface area contributed by atoms with Crippen LogP contribution in [0.3, 0.4) is 0 Å². The predicted molar refractivity (Wildman–Crippen MR) is 137 cm³/mol. The number of ether oxygens (including phenoxy) is 2. The van der Waals surface area contributed by atoms with Crippen molar-refractivity contribution >= 4 is 46.4 Å². The van der Waals surface area contributed by atoms with Crippen molar-refractivity contribution in [3.63, 3.8) is 0 Å². The van der Waals surface area contributed by atoms with Gasteiger partial charge in [0, 0.05) is 40.3 Å². The third-order valence-electron chi connectivity index (χ3n) is 5.57. The number of hydrogen-bond acceptors (Lipinski definition) is 5. The van der Waals surface area contributed by atoms with Crippen LogP contribution in [0.2, 0.25) is 10.0 Å². The van der Waals surface area contributed by atoms with Gasteiger partial charge in [0.25, 0.3) is 0 Å². The van der Waals surface area contributed by atoms with E-state index in [1.54, 1.807) is 41.3 Å². The van der Waals surface area contributed by atoms with Gasteiger partial charge in [-0.15, -0.1) is 0 Å². The second-order valence-electron chi connectivity index (χ2n) is 7.94. The van der Waals surface area contributed by atoms with Gasteiger partial charge in [-0.05, 0) is 43.3 Å². The smallest absolute Gasteiger partial charge is 0.243 e. The lowest BCUT2D eigenvalue weighted by molar-refractivity contribution is -0.125. The molecule has 1 aliphatic heterocycles. The summed E-state index contributed by atoms with van der Waals surface area (Å²) in [5.41, 5.74) is 7.67. The maximum Gasteiger partial charge on any atom is 0.243 e. The van der Waals surface area contributed by atoms with Crippen LogP contribution in [-0.2, 0) is 16.2 Å². The Labute approximate surface area is 213 Å². The number of anilines is 2. The summed E-state index contributed by atoms with van der Waals surface area (Å²) in [5.74, 6) is 0.226. The molecule has 0 radical (unpaired) electrons. The van der Waals surface area contributed by atoms with Gasteiger partial charge in [0.05, 0.1) is 18.2 Å². The zero-order valence-corrected chi connectivity index (χ0v) is 20.6. The van der Waals surface area contributed by atoms with Crippen LogP contribution in [0.4, 0.5) is 11.4 Å². The van der Waals surface area contributed by atoms with Crippen molar-refractivity contribution in [3.05, 3.63) is 82.3 Å². The average molecular weight is 514 g/mol. The van der Waals surface area contributed by atoms with Gasteiger partial charge in [-0.2, -0.15) is 0 Å². The van der Waals surface area contributed by atoms with E-state index < -0.39 is 5.92 Å². The molecule has 1 aliphatic rings. The van der Waals surface area contributed by atoms with E-state index in [-0.39, 0.29) is 24.8 Å². The zero-order valence-electron chi connectivity index (χ0n) is 19.1. The van der Waals surface area contributed by atoms with Gasteiger partial charge in [-0.3, -0.25) is 20.4 Å². The van der Waals surface area contributed by atoms with Gasteiger partial charge in [0.2, 0.25) is 11.8 Å². The first-order chi connectivity index (χ1) is 17.0. The maximum absolute atomic E-state index is 12.7. The third-order valence-corrected chi connectivity index (χ3v) is 6.28. The van der Waals surface area contributed by atoms with E-state index in [0.29, 0.717) is 45.9 Å². The molecule has 1 atom stereocenters. The molecule has 182 valence electrons. The third kappa shape index (κ3) is 5.99. The number of para-hydroxylation sites is 1. The molecule has 4 rings (SSSR count). The number of nitrogens with one attached hydrogen (secondary N) is 2. The Bertz CT molecular complexity index is 1190. The molecule has 0 spiro atoms. The lowest BCUT2D eigenvalue weighted by Crippen LogP contribution is -2.36. The van der Waals surface area contributed by atoms with Crippen molar-refractivity contribution in [2.75, 3.05) is 23.5 Å². The molecule has 0 bridgehead atoms. The molecule has 1 saturated heterocycles. The van der Waals surface area contributed by atoms with Gasteiger partial charge < -0.3 is 14.4 Å². The fraction of sp³-hybridized carbons (Fsp3) is 0.231. The topological polar surface area (TPSA) is 79.9 Å². The zero-order chi connectivity index (χ0) is 24.8. The fourth-order valence-electron chi connectivity index (χ4n) is 3.77. The highest BCUT2D eigenvalue weighted by Gasteiger charge is 2.35. The quantitative estimate of drug-likeness (QED) is 0.371. The summed E-state index contributed by atoms with van der Waals surface area (Å²) in [6.07, 6.45) is 0.157. The Morgan fingerprint density at radius 2 is 1.74 bits per heavy atom. The molecule has 3 aromatic carbocycles. The first-order valence-electron chi connectivity index (χ1n) is 11.2. The molecule has 0 aromatic heterocycles. The lowest BCUT2D eigenvalue weighted by Gasteiger charge is -2.17. The number of nitrogens with zero attached hydrogens (tertiary/aromatic N) is 1. The summed E-state index contributed by atoms with van der Waals surface area (Å²) in [6, 6.07) is 19.8. The Hall–Kier alpha value is -3.42. The Balaban J connectivity index is 1.37. The van der Waals surface area contributed by atoms with E-state index in [0.717, 1.165) is 5.69 Å². The molecule has 0 unspecified atom stereocenters. The number of amides is 2. The van der Waals surface area contributed by atoms with E-state index in [2.05, 4.69) is 10.9 Å². The van der Waals surface area contributed by atoms with Crippen LogP contribution < -0.4 is 25.2 Å². The number of hydrogen-bond donors (Lipinski definition) is 2. The van der Waals surface area contributed by atoms with Crippen molar-refractivity contribution in [2.45, 2.75) is 20.0 Å². The molecule has 7 nitrogen and oxygen atoms in total. The lowest BCUT2D eigenvalue weighted by atomic mass is 10.1. The molecule has 1 heterocycles. The van der Waals surface area contributed by atoms with E-state index in [4.69, 9.17) is 32.7 Å². The molecule has 1 fully saturated rings. The summed E-state index contributed by atoms with van der Waals surface area (Å²) < 4.78 is 11.6. The summed E-state index contributed by atoms with van der Waals surface area (Å²) in [7, 11) is 0. The molecule has 0 aliphatic carbocycles. The van der Waals surface area contributed by atoms with Crippen molar-refractivity contribution in [2.24, 2.45) is 5.92 Å². The van der Waals surface area contributed by atoms with Gasteiger partial charge in [-0.25, -0.2) is 0 Å². The first kappa shape index (κ1) is 24.7. The van der Waals surface area contributed by atoms with E-state index in [9.17, 15) is 9.59 Å². The minimum Gasteiger partial charge on any atom is -0.490 e. The van der Waals surface area contributed by atoms with Crippen molar-refractivity contribution in [1.82, 2.24) is 5.43 Å². The molecule has 9 heteroatoms. The minimum atomic E-state index is -0.454. The molecular formula is C26H25Cl2N3O4. The highest BCUT2D eigenvalue weighted by Crippen LogP contribution is 2.33. The monoisotopic (exact) mass is 513 g/mol. The van der Waals surface area contributed by atoms with Gasteiger partial charge in [0.15, 0.2) is 11.5 Å². The molecule has 2 amide bonds. The molecule has 2 N–H and O–H groups in total. The van der Waals surface area contributed by atoms with Gasteiger partial charge in [-0.1, -0.05) is 47.5 Å². The average Bonchev–Trinajstić information content (AvgIpc) is 3.25. The normalized spacial score (nSPS) is 15.1. The van der Waals surface area contributed by atoms with Crippen LogP contribution in [0.5, 0.6) is 11.5 Å². The van der Waals surface area contributed by atoms with Crippen LogP contribution in [0.15, 0.2) is 66.7 Å². The second-order valence-corrected chi connectivity index (χ2v) is 8.75. The maximum atomic E-state index is 12.7. The molecular weight excluding hydrogens is 489 g/mol. The van der Waals surface area contributed by atoms with Gasteiger partial charge in [0.1, 0.15) is 6.61 Å². The van der Waals surface area contributed by atoms with Crippen LogP contribution in [-0.4, -0.2) is 25.0 Å². The Morgan fingerprint density at radius 3 is 2.46 bits per heavy atom. The van der Waals surface area contributed by atoms with Crippen LogP contribution in [0, 0.1) is 5.92 Å². The molecule has 3 aromatic rings. The van der Waals surface area contributed by atoms with Crippen molar-refractivity contribution < 1.29 is 19.1 Å². The molecule has 35 heavy (non-hydrogen) atoms. The Morgan fingerprint density at radius 1 is 1.00 bits per heavy atom. The standard InChI is InChI=1S/C26H25Cl2N3O4/c1-2-34-24-14-18(11-12-23(24)35-16-20-21(27)9-6-10-22(20)28)29-30-26(33)17-13-25(32)31(15-17)19-7-4-3-5-8-19/h3-12,14,17,29H,2,13,15-16H2,1H3,(H,30,33)/t17-/m0/s1. The van der Waals surface area contributed by atoms with Crippen LogP contribution in [0.1, 0.15) is 18.9 Å². The van der Waals surface area contributed by atoms with Crippen LogP contribution >= 0.6 is 23.2 Å². The number of benzene rings is 3.